The zero-order valence-electron chi connectivity index (χ0n) is 25.8. The standard InChI is InChI=1S/C31H39FN6O4S2/c1-6-41-24(39)15-31(4,5)38-17-20-16-36(12-13-37(20)30(38)43)18-23-25(29(40)42-7-2)26(21-9-8-10-22(32)19(21)3)35-27(34-23)28-33-11-14-44-28/h8-11,14,20,26H,6-7,12-13,15-18H2,1-5H3,(H,34,35)/t20-,26-/m0/s1. The number of benzene rings is 1. The highest BCUT2D eigenvalue weighted by molar-refractivity contribution is 7.80. The van der Waals surface area contributed by atoms with Crippen LogP contribution < -0.4 is 5.32 Å². The number of thiazole rings is 1. The molecule has 10 nitrogen and oxygen atoms in total. The van der Waals surface area contributed by atoms with Crippen LogP contribution in [0, 0.1) is 12.7 Å². The average Bonchev–Trinajstić information content (AvgIpc) is 3.63. The third kappa shape index (κ3) is 6.50. The van der Waals surface area contributed by atoms with Crippen LogP contribution in [0.1, 0.15) is 56.3 Å². The molecule has 13 heteroatoms. The predicted molar refractivity (Wildman–Crippen MR) is 171 cm³/mol. The molecule has 0 radical (unpaired) electrons. The molecule has 0 amide bonds. The number of thiocarbonyl (C=S) groups is 1. The van der Waals surface area contributed by atoms with Gasteiger partial charge in [-0.1, -0.05) is 12.1 Å². The molecule has 0 unspecified atom stereocenters. The number of rotatable bonds is 10. The van der Waals surface area contributed by atoms with Gasteiger partial charge in [-0.2, -0.15) is 0 Å². The van der Waals surface area contributed by atoms with Crippen molar-refractivity contribution in [3.05, 3.63) is 63.0 Å². The summed E-state index contributed by atoms with van der Waals surface area (Å²) in [5.41, 5.74) is 1.56. The summed E-state index contributed by atoms with van der Waals surface area (Å²) in [5, 5.41) is 6.68. The number of esters is 2. The van der Waals surface area contributed by atoms with Crippen LogP contribution in [-0.2, 0) is 19.1 Å². The normalized spacial score (nSPS) is 20.8. The van der Waals surface area contributed by atoms with Crippen LogP contribution in [0.15, 0.2) is 46.0 Å². The second-order valence-electron chi connectivity index (χ2n) is 11.7. The van der Waals surface area contributed by atoms with Crippen molar-refractivity contribution in [3.63, 3.8) is 0 Å². The fourth-order valence-electron chi connectivity index (χ4n) is 6.07. The molecular weight excluding hydrogens is 604 g/mol. The fourth-order valence-corrected chi connectivity index (χ4v) is 7.22. The number of amidine groups is 1. The van der Waals surface area contributed by atoms with E-state index in [1.54, 1.807) is 39.1 Å². The first-order valence-electron chi connectivity index (χ1n) is 14.9. The topological polar surface area (TPSA) is 99.6 Å². The molecule has 2 fully saturated rings. The van der Waals surface area contributed by atoms with Crippen LogP contribution in [0.4, 0.5) is 4.39 Å². The Balaban J connectivity index is 1.44. The van der Waals surface area contributed by atoms with Crippen molar-refractivity contribution >= 4 is 46.4 Å². The monoisotopic (exact) mass is 642 g/mol. The summed E-state index contributed by atoms with van der Waals surface area (Å²) in [6, 6.07) is 4.20. The number of carbonyl (C=O) groups excluding carboxylic acids is 2. The molecule has 2 aromatic rings. The van der Waals surface area contributed by atoms with Crippen LogP contribution in [0.2, 0.25) is 0 Å². The van der Waals surface area contributed by atoms with Gasteiger partial charge in [0.2, 0.25) is 0 Å². The number of fused-ring (bicyclic) bond motifs is 1. The van der Waals surface area contributed by atoms with E-state index in [1.807, 2.05) is 19.2 Å². The maximum atomic E-state index is 14.8. The minimum atomic E-state index is -0.764. The Kier molecular flexibility index (Phi) is 9.66. The third-order valence-electron chi connectivity index (χ3n) is 8.29. The van der Waals surface area contributed by atoms with E-state index in [0.29, 0.717) is 72.6 Å². The molecule has 0 spiro atoms. The van der Waals surface area contributed by atoms with E-state index in [2.05, 4.69) is 25.0 Å². The SMILES string of the molecule is CCOC(=O)CC(C)(C)N1C[C@@H]2CN(CC3=C(C(=O)OCC)[C@H](c4cccc(F)c4C)N=C(c4nccs4)N3)CCN2C1=S. The molecule has 2 atom stereocenters. The van der Waals surface area contributed by atoms with E-state index in [-0.39, 0.29) is 30.9 Å². The largest absolute Gasteiger partial charge is 0.466 e. The van der Waals surface area contributed by atoms with Crippen molar-refractivity contribution in [1.82, 2.24) is 25.0 Å². The number of carbonyl (C=O) groups is 2. The molecule has 236 valence electrons. The van der Waals surface area contributed by atoms with Crippen molar-refractivity contribution < 1.29 is 23.5 Å². The average molecular weight is 643 g/mol. The van der Waals surface area contributed by atoms with Crippen LogP contribution in [0.3, 0.4) is 0 Å². The summed E-state index contributed by atoms with van der Waals surface area (Å²) in [4.78, 5) is 41.9. The first-order chi connectivity index (χ1) is 21.0. The van der Waals surface area contributed by atoms with Gasteiger partial charge in [-0.25, -0.2) is 14.2 Å². The molecule has 1 aromatic heterocycles. The van der Waals surface area contributed by atoms with Crippen LogP contribution in [0.25, 0.3) is 0 Å². The van der Waals surface area contributed by atoms with Gasteiger partial charge in [0.1, 0.15) is 11.9 Å². The number of ether oxygens (including phenoxy) is 2. The molecule has 1 aromatic carbocycles. The third-order valence-corrected chi connectivity index (χ3v) is 9.53. The number of nitrogens with zero attached hydrogens (tertiary/aromatic N) is 5. The lowest BCUT2D eigenvalue weighted by molar-refractivity contribution is -0.145. The van der Waals surface area contributed by atoms with E-state index in [9.17, 15) is 14.0 Å². The van der Waals surface area contributed by atoms with Gasteiger partial charge in [0, 0.05) is 55.5 Å². The Bertz CT molecular complexity index is 1480. The van der Waals surface area contributed by atoms with Crippen molar-refractivity contribution in [2.24, 2.45) is 4.99 Å². The highest BCUT2D eigenvalue weighted by Crippen LogP contribution is 2.36. The molecule has 0 saturated carbocycles. The number of aromatic nitrogens is 1. The maximum absolute atomic E-state index is 14.8. The molecule has 5 rings (SSSR count). The molecule has 4 heterocycles. The van der Waals surface area contributed by atoms with Crippen LogP contribution >= 0.6 is 23.6 Å². The van der Waals surface area contributed by atoms with Crippen LogP contribution in [-0.4, -0.2) is 100 Å². The lowest BCUT2D eigenvalue weighted by atomic mass is 9.92. The maximum Gasteiger partial charge on any atom is 0.338 e. The van der Waals surface area contributed by atoms with Gasteiger partial charge in [-0.05, 0) is 64.0 Å². The zero-order chi connectivity index (χ0) is 31.6. The van der Waals surface area contributed by atoms with E-state index in [1.165, 1.54) is 17.4 Å². The smallest absolute Gasteiger partial charge is 0.338 e. The van der Waals surface area contributed by atoms with Crippen molar-refractivity contribution in [2.75, 3.05) is 45.9 Å². The summed E-state index contributed by atoms with van der Waals surface area (Å²) in [6.07, 6.45) is 1.94. The summed E-state index contributed by atoms with van der Waals surface area (Å²) in [6.45, 7) is 13.0. The van der Waals surface area contributed by atoms with Gasteiger partial charge in [0.25, 0.3) is 0 Å². The van der Waals surface area contributed by atoms with E-state index < -0.39 is 17.6 Å². The first kappa shape index (κ1) is 32.0. The summed E-state index contributed by atoms with van der Waals surface area (Å²) in [7, 11) is 0. The minimum Gasteiger partial charge on any atom is -0.466 e. The number of hydrogen-bond donors (Lipinski definition) is 1. The van der Waals surface area contributed by atoms with Crippen molar-refractivity contribution in [3.8, 4) is 0 Å². The van der Waals surface area contributed by atoms with E-state index in [0.717, 1.165) is 5.11 Å². The number of halogens is 1. The molecule has 2 saturated heterocycles. The molecule has 3 aliphatic rings. The Hall–Kier alpha value is -3.42. The highest BCUT2D eigenvalue weighted by atomic mass is 32.1. The van der Waals surface area contributed by atoms with E-state index in [4.69, 9.17) is 26.7 Å². The molecule has 0 bridgehead atoms. The second-order valence-corrected chi connectivity index (χ2v) is 12.9. The van der Waals surface area contributed by atoms with Gasteiger partial charge in [-0.15, -0.1) is 11.3 Å². The number of hydrogen-bond acceptors (Lipinski definition) is 10. The van der Waals surface area contributed by atoms with Crippen molar-refractivity contribution in [2.45, 2.75) is 58.7 Å². The first-order valence-corrected chi connectivity index (χ1v) is 16.2. The Labute approximate surface area is 266 Å². The quantitative estimate of drug-likeness (QED) is 0.304. The Morgan fingerprint density at radius 1 is 1.18 bits per heavy atom. The van der Waals surface area contributed by atoms with E-state index >= 15 is 0 Å². The Morgan fingerprint density at radius 3 is 2.66 bits per heavy atom. The number of nitrogens with one attached hydrogen (secondary N) is 1. The fraction of sp³-hybridized carbons (Fsp3) is 0.516. The van der Waals surface area contributed by atoms with Crippen molar-refractivity contribution in [1.29, 1.82) is 0 Å². The second kappa shape index (κ2) is 13.3. The summed E-state index contributed by atoms with van der Waals surface area (Å²) >= 11 is 7.32. The minimum absolute atomic E-state index is 0.112. The molecule has 44 heavy (non-hydrogen) atoms. The predicted octanol–water partition coefficient (Wildman–Crippen LogP) is 3.82. The Morgan fingerprint density at radius 2 is 1.95 bits per heavy atom. The van der Waals surface area contributed by atoms with Gasteiger partial charge in [0.15, 0.2) is 16.0 Å². The molecule has 0 aliphatic carbocycles. The highest BCUT2D eigenvalue weighted by Gasteiger charge is 2.45. The summed E-state index contributed by atoms with van der Waals surface area (Å²) < 4.78 is 25.5. The zero-order valence-corrected chi connectivity index (χ0v) is 27.4. The lowest BCUT2D eigenvalue weighted by Gasteiger charge is -2.39. The van der Waals surface area contributed by atoms with Gasteiger partial charge in [-0.3, -0.25) is 14.7 Å². The van der Waals surface area contributed by atoms with Gasteiger partial charge >= 0.3 is 11.9 Å². The van der Waals surface area contributed by atoms with Crippen LogP contribution in [0.5, 0.6) is 0 Å². The molecule has 1 N–H and O–H groups in total. The van der Waals surface area contributed by atoms with Gasteiger partial charge in [0.05, 0.1) is 31.2 Å². The summed E-state index contributed by atoms with van der Waals surface area (Å²) in [5.74, 6) is -0.558. The molecular formula is C31H39FN6O4S2. The lowest BCUT2D eigenvalue weighted by Crippen LogP contribution is -2.53. The van der Waals surface area contributed by atoms with Gasteiger partial charge < -0.3 is 24.6 Å². The number of aliphatic imine (C=N–C) groups is 1. The molecule has 3 aliphatic heterocycles. The number of piperazine rings is 1.